The number of aromatic carboxylic acids is 1. The third-order valence-corrected chi connectivity index (χ3v) is 1.06. The van der Waals surface area contributed by atoms with Crippen LogP contribution in [-0.2, 0) is 0 Å². The van der Waals surface area contributed by atoms with E-state index >= 15 is 0 Å². The van der Waals surface area contributed by atoms with Crippen LogP contribution in [0.4, 0.5) is 0 Å². The third kappa shape index (κ3) is 1.34. The number of carbonyl (C=O) groups excluding carboxylic acids is 1. The number of carboxylic acid groups (broad SMARTS) is 1. The Hall–Kier alpha value is -1.85. The average Bonchev–Trinajstić information content (AvgIpc) is 2.33. The van der Waals surface area contributed by atoms with E-state index in [1.54, 1.807) is 0 Å². The highest BCUT2D eigenvalue weighted by atomic mass is 16.4. The smallest absolute Gasteiger partial charge is 0.353 e. The number of nitrogens with two attached hydrogens (primary N) is 1. The highest BCUT2D eigenvalue weighted by Crippen LogP contribution is 1.97. The van der Waals surface area contributed by atoms with Crippen LogP contribution in [0, 0.1) is 0 Å². The van der Waals surface area contributed by atoms with E-state index in [0.29, 0.717) is 0 Å². The Morgan fingerprint density at radius 2 is 2.27 bits per heavy atom. The van der Waals surface area contributed by atoms with Crippen LogP contribution in [0.1, 0.15) is 21.0 Å². The summed E-state index contributed by atoms with van der Waals surface area (Å²) in [7, 11) is 0. The predicted octanol–water partition coefficient (Wildman–Crippen LogP) is -0.793. The molecule has 0 saturated heterocycles. The molecule has 0 aromatic carbocycles. The molecule has 1 aromatic rings. The normalized spacial score (nSPS) is 9.45. The Balaban J connectivity index is 2.99. The summed E-state index contributed by atoms with van der Waals surface area (Å²) in [4.78, 5) is 20.6. The Kier molecular flexibility index (Phi) is 1.59. The van der Waals surface area contributed by atoms with Crippen LogP contribution in [0.15, 0.2) is 6.07 Å². The summed E-state index contributed by atoms with van der Waals surface area (Å²) < 4.78 is 0. The molecule has 58 valence electrons. The number of primary amides is 1. The summed E-state index contributed by atoms with van der Waals surface area (Å²) in [5.74, 6) is -1.93. The van der Waals surface area contributed by atoms with Gasteiger partial charge in [-0.05, 0) is 0 Å². The van der Waals surface area contributed by atoms with Crippen molar-refractivity contribution in [3.8, 4) is 0 Å². The van der Waals surface area contributed by atoms with Gasteiger partial charge in [0, 0.05) is 6.07 Å². The highest BCUT2D eigenvalue weighted by Gasteiger charge is 2.10. The van der Waals surface area contributed by atoms with Crippen molar-refractivity contribution in [2.45, 2.75) is 0 Å². The topological polar surface area (TPSA) is 109 Å². The number of aromatic amines is 1. The Morgan fingerprint density at radius 1 is 1.64 bits per heavy atom. The van der Waals surface area contributed by atoms with Crippen molar-refractivity contribution in [2.24, 2.45) is 5.73 Å². The molecule has 6 heteroatoms. The number of H-pyrrole nitrogens is 1. The maximum Gasteiger partial charge on any atom is 0.353 e. The minimum Gasteiger partial charge on any atom is -0.477 e. The number of rotatable bonds is 2. The number of carbonyl (C=O) groups is 2. The van der Waals surface area contributed by atoms with Gasteiger partial charge in [0.1, 0.15) is 5.69 Å². The average molecular weight is 155 g/mol. The molecular weight excluding hydrogens is 150 g/mol. The lowest BCUT2D eigenvalue weighted by Gasteiger charge is -1.80. The van der Waals surface area contributed by atoms with E-state index in [9.17, 15) is 9.59 Å². The lowest BCUT2D eigenvalue weighted by Crippen LogP contribution is -2.11. The predicted molar refractivity (Wildman–Crippen MR) is 34.1 cm³/mol. The molecule has 0 spiro atoms. The van der Waals surface area contributed by atoms with Crippen molar-refractivity contribution in [1.82, 2.24) is 10.2 Å². The quantitative estimate of drug-likeness (QED) is 0.519. The summed E-state index contributed by atoms with van der Waals surface area (Å²) in [6.07, 6.45) is 0. The van der Waals surface area contributed by atoms with Crippen molar-refractivity contribution in [3.63, 3.8) is 0 Å². The molecule has 1 heterocycles. The molecule has 6 nitrogen and oxygen atoms in total. The fourth-order valence-electron chi connectivity index (χ4n) is 0.558. The van der Waals surface area contributed by atoms with Gasteiger partial charge in [0.05, 0.1) is 0 Å². The van der Waals surface area contributed by atoms with Crippen LogP contribution in [0.3, 0.4) is 0 Å². The molecule has 0 saturated carbocycles. The number of carboxylic acids is 1. The second-order valence-corrected chi connectivity index (χ2v) is 1.84. The summed E-state index contributed by atoms with van der Waals surface area (Å²) >= 11 is 0. The Labute approximate surface area is 61.0 Å². The first-order chi connectivity index (χ1) is 5.11. The minimum absolute atomic E-state index is 0.0811. The second kappa shape index (κ2) is 2.41. The maximum atomic E-state index is 10.4. The van der Waals surface area contributed by atoms with E-state index in [4.69, 9.17) is 10.8 Å². The van der Waals surface area contributed by atoms with Gasteiger partial charge in [0.2, 0.25) is 0 Å². The molecule has 11 heavy (non-hydrogen) atoms. The first-order valence-electron chi connectivity index (χ1n) is 2.70. The number of aromatic nitrogens is 2. The molecular formula is C5H5N3O3. The van der Waals surface area contributed by atoms with E-state index in [0.717, 1.165) is 6.07 Å². The van der Waals surface area contributed by atoms with Gasteiger partial charge in [-0.2, -0.15) is 5.10 Å². The highest BCUT2D eigenvalue weighted by molar-refractivity contribution is 5.94. The molecule has 0 aliphatic rings. The second-order valence-electron chi connectivity index (χ2n) is 1.84. The van der Waals surface area contributed by atoms with Gasteiger partial charge in [-0.1, -0.05) is 0 Å². The van der Waals surface area contributed by atoms with Crippen molar-refractivity contribution >= 4 is 11.9 Å². The fourth-order valence-corrected chi connectivity index (χ4v) is 0.558. The van der Waals surface area contributed by atoms with E-state index in [1.165, 1.54) is 0 Å². The SMILES string of the molecule is NC(=O)c1cc(C(=O)O)[nH]n1. The van der Waals surface area contributed by atoms with Gasteiger partial charge in [-0.3, -0.25) is 9.89 Å². The number of hydrogen-bond acceptors (Lipinski definition) is 3. The third-order valence-electron chi connectivity index (χ3n) is 1.06. The molecule has 0 atom stereocenters. The van der Waals surface area contributed by atoms with Crippen molar-refractivity contribution < 1.29 is 14.7 Å². The van der Waals surface area contributed by atoms with Gasteiger partial charge >= 0.3 is 5.97 Å². The number of nitrogens with one attached hydrogen (secondary N) is 1. The van der Waals surface area contributed by atoms with Gasteiger partial charge in [0.25, 0.3) is 5.91 Å². The number of nitrogens with zero attached hydrogens (tertiary/aromatic N) is 1. The molecule has 0 aliphatic heterocycles. The van der Waals surface area contributed by atoms with Crippen LogP contribution in [-0.4, -0.2) is 27.2 Å². The molecule has 1 aromatic heterocycles. The first kappa shape index (κ1) is 7.26. The van der Waals surface area contributed by atoms with Gasteiger partial charge in [0.15, 0.2) is 5.69 Å². The summed E-state index contributed by atoms with van der Waals surface area (Å²) in [6.45, 7) is 0. The van der Waals surface area contributed by atoms with Gasteiger partial charge in [-0.25, -0.2) is 4.79 Å². The van der Waals surface area contributed by atoms with Crippen LogP contribution in [0.5, 0.6) is 0 Å². The monoisotopic (exact) mass is 155 g/mol. The summed E-state index contributed by atoms with van der Waals surface area (Å²) in [5.41, 5.74) is 4.58. The lowest BCUT2D eigenvalue weighted by atomic mass is 10.3. The minimum atomic E-state index is -1.18. The summed E-state index contributed by atoms with van der Waals surface area (Å²) in [6, 6.07) is 1.07. The van der Waals surface area contributed by atoms with Crippen LogP contribution in [0.25, 0.3) is 0 Å². The zero-order chi connectivity index (χ0) is 8.43. The maximum absolute atomic E-state index is 10.4. The Bertz CT molecular complexity index is 275. The largest absolute Gasteiger partial charge is 0.477 e. The van der Waals surface area contributed by atoms with E-state index in [2.05, 4.69) is 10.2 Å². The van der Waals surface area contributed by atoms with Gasteiger partial charge < -0.3 is 10.8 Å². The molecule has 1 amide bonds. The molecule has 0 bridgehead atoms. The van der Waals surface area contributed by atoms with E-state index < -0.39 is 11.9 Å². The number of hydrogen-bond donors (Lipinski definition) is 3. The standard InChI is InChI=1S/C5H5N3O3/c6-4(9)2-1-3(5(10)11)8-7-2/h1H,(H2,6,9)(H,7,8)(H,10,11). The van der Waals surface area contributed by atoms with Crippen LogP contribution >= 0.6 is 0 Å². The van der Waals surface area contributed by atoms with Crippen molar-refractivity contribution in [2.75, 3.05) is 0 Å². The first-order valence-corrected chi connectivity index (χ1v) is 2.70. The van der Waals surface area contributed by atoms with Crippen molar-refractivity contribution in [3.05, 3.63) is 17.5 Å². The number of amides is 1. The van der Waals surface area contributed by atoms with Crippen LogP contribution < -0.4 is 5.73 Å². The fraction of sp³-hybridized carbons (Fsp3) is 0. The van der Waals surface area contributed by atoms with E-state index in [-0.39, 0.29) is 11.4 Å². The Morgan fingerprint density at radius 3 is 2.55 bits per heavy atom. The molecule has 4 N–H and O–H groups in total. The molecule has 1 rings (SSSR count). The zero-order valence-electron chi connectivity index (χ0n) is 5.37. The summed E-state index contributed by atoms with van der Waals surface area (Å²) in [5, 5.41) is 13.8. The van der Waals surface area contributed by atoms with Crippen molar-refractivity contribution in [1.29, 1.82) is 0 Å². The lowest BCUT2D eigenvalue weighted by molar-refractivity contribution is 0.0690. The zero-order valence-corrected chi connectivity index (χ0v) is 5.37. The van der Waals surface area contributed by atoms with Crippen LogP contribution in [0.2, 0.25) is 0 Å². The van der Waals surface area contributed by atoms with Gasteiger partial charge in [-0.15, -0.1) is 0 Å². The van der Waals surface area contributed by atoms with E-state index in [1.807, 2.05) is 0 Å². The molecule has 0 radical (unpaired) electrons. The molecule has 0 unspecified atom stereocenters. The molecule has 0 fully saturated rings. The molecule has 0 aliphatic carbocycles.